The molecule has 0 spiro atoms. The lowest BCUT2D eigenvalue weighted by molar-refractivity contribution is -0.227. The molecule has 1 aliphatic heterocycles. The van der Waals surface area contributed by atoms with Crippen LogP contribution in [0.1, 0.15) is 78.4 Å². The first-order valence-corrected chi connectivity index (χ1v) is 12.7. The number of fused-ring (bicyclic) bond motifs is 4. The minimum Gasteiger partial charge on any atom is -0.486 e. The molecule has 0 amide bonds. The van der Waals surface area contributed by atoms with Crippen LogP contribution in [0.2, 0.25) is 0 Å². The van der Waals surface area contributed by atoms with Crippen molar-refractivity contribution in [2.24, 2.45) is 22.7 Å². The predicted octanol–water partition coefficient (Wildman–Crippen LogP) is 5.06. The van der Waals surface area contributed by atoms with Gasteiger partial charge in [-0.25, -0.2) is 4.79 Å². The smallest absolute Gasteiger partial charge is 0.345 e. The number of ether oxygens (including phenoxy) is 2. The highest BCUT2D eigenvalue weighted by molar-refractivity contribution is 5.69. The van der Waals surface area contributed by atoms with Gasteiger partial charge in [0.25, 0.3) is 0 Å². The quantitative estimate of drug-likeness (QED) is 0.612. The molecule has 0 saturated heterocycles. The summed E-state index contributed by atoms with van der Waals surface area (Å²) in [5.41, 5.74) is -0.924. The topological polar surface area (TPSA) is 98.9 Å². The van der Waals surface area contributed by atoms with E-state index in [-0.39, 0.29) is 40.3 Å². The molecular weight excluding hydrogens is 446 g/mol. The SMILES string of the molecule is CCC(=O)O[C@H]1CC[C@@]2(C)[C@@H](CC[C@]3(C)Oc4cc(-c5cccnc5)oc(=O)c4[C@@H](O)[C@@H]23)C1(C)C. The zero-order valence-corrected chi connectivity index (χ0v) is 21.2. The summed E-state index contributed by atoms with van der Waals surface area (Å²) >= 11 is 0. The van der Waals surface area contributed by atoms with Crippen molar-refractivity contribution in [2.45, 2.75) is 84.5 Å². The van der Waals surface area contributed by atoms with Crippen LogP contribution in [0.25, 0.3) is 11.3 Å². The van der Waals surface area contributed by atoms with Gasteiger partial charge in [-0.1, -0.05) is 27.7 Å². The van der Waals surface area contributed by atoms with Gasteiger partial charge in [-0.3, -0.25) is 9.78 Å². The Morgan fingerprint density at radius 2 is 2.00 bits per heavy atom. The first-order valence-electron chi connectivity index (χ1n) is 12.7. The summed E-state index contributed by atoms with van der Waals surface area (Å²) < 4.78 is 18.1. The van der Waals surface area contributed by atoms with Crippen molar-refractivity contribution in [3.8, 4) is 17.1 Å². The van der Waals surface area contributed by atoms with Gasteiger partial charge in [0.2, 0.25) is 0 Å². The number of hydrogen-bond donors (Lipinski definition) is 1. The third kappa shape index (κ3) is 3.62. The van der Waals surface area contributed by atoms with Gasteiger partial charge in [0, 0.05) is 41.8 Å². The average Bonchev–Trinajstić information content (AvgIpc) is 2.80. The first-order chi connectivity index (χ1) is 16.5. The molecule has 3 aliphatic rings. The molecule has 2 saturated carbocycles. The van der Waals surface area contributed by atoms with Crippen molar-refractivity contribution in [3.05, 3.63) is 46.6 Å². The molecular formula is C28H35NO6. The summed E-state index contributed by atoms with van der Waals surface area (Å²) in [6.07, 6.45) is 5.57. The number of pyridine rings is 1. The Morgan fingerprint density at radius 3 is 2.69 bits per heavy atom. The number of aliphatic hydroxyl groups is 1. The Labute approximate surface area is 205 Å². The van der Waals surface area contributed by atoms with Crippen LogP contribution in [0, 0.1) is 22.7 Å². The van der Waals surface area contributed by atoms with Crippen LogP contribution in [0.5, 0.6) is 5.75 Å². The third-order valence-electron chi connectivity index (χ3n) is 9.18. The molecule has 35 heavy (non-hydrogen) atoms. The number of rotatable bonds is 3. The summed E-state index contributed by atoms with van der Waals surface area (Å²) in [4.78, 5) is 29.4. The number of aromatic nitrogens is 1. The molecule has 3 heterocycles. The molecule has 5 rings (SSSR count). The van der Waals surface area contributed by atoms with E-state index in [0.717, 1.165) is 19.3 Å². The van der Waals surface area contributed by atoms with Gasteiger partial charge >= 0.3 is 11.6 Å². The van der Waals surface area contributed by atoms with Crippen LogP contribution in [0.3, 0.4) is 0 Å². The lowest BCUT2D eigenvalue weighted by Crippen LogP contribution is -2.65. The highest BCUT2D eigenvalue weighted by Crippen LogP contribution is 2.67. The van der Waals surface area contributed by atoms with E-state index in [9.17, 15) is 14.7 Å². The number of carbonyl (C=O) groups is 1. The Kier molecular flexibility index (Phi) is 5.62. The van der Waals surface area contributed by atoms with Crippen LogP contribution < -0.4 is 10.4 Å². The van der Waals surface area contributed by atoms with Crippen molar-refractivity contribution in [2.75, 3.05) is 0 Å². The van der Waals surface area contributed by atoms with Gasteiger partial charge in [-0.15, -0.1) is 0 Å². The molecule has 0 unspecified atom stereocenters. The fraction of sp³-hybridized carbons (Fsp3) is 0.607. The molecule has 7 heteroatoms. The van der Waals surface area contributed by atoms with E-state index in [4.69, 9.17) is 13.9 Å². The molecule has 2 aromatic rings. The van der Waals surface area contributed by atoms with Gasteiger partial charge in [0.1, 0.15) is 28.8 Å². The molecule has 2 aromatic heterocycles. The van der Waals surface area contributed by atoms with E-state index >= 15 is 0 Å². The molecule has 7 nitrogen and oxygen atoms in total. The van der Waals surface area contributed by atoms with Gasteiger partial charge in [0.15, 0.2) is 0 Å². The fourth-order valence-corrected chi connectivity index (χ4v) is 7.58. The van der Waals surface area contributed by atoms with E-state index in [1.807, 2.05) is 13.0 Å². The van der Waals surface area contributed by atoms with Crippen LogP contribution in [-0.4, -0.2) is 27.8 Å². The summed E-state index contributed by atoms with van der Waals surface area (Å²) in [6.45, 7) is 10.4. The van der Waals surface area contributed by atoms with Crippen LogP contribution in [0.15, 0.2) is 39.8 Å². The summed E-state index contributed by atoms with van der Waals surface area (Å²) in [7, 11) is 0. The van der Waals surface area contributed by atoms with Crippen LogP contribution in [0.4, 0.5) is 0 Å². The van der Waals surface area contributed by atoms with Crippen LogP contribution >= 0.6 is 0 Å². The summed E-state index contributed by atoms with van der Waals surface area (Å²) in [5, 5.41) is 11.8. The zero-order valence-electron chi connectivity index (χ0n) is 21.2. The second-order valence-corrected chi connectivity index (χ2v) is 11.5. The Bertz CT molecular complexity index is 1190. The maximum atomic E-state index is 13.2. The summed E-state index contributed by atoms with van der Waals surface area (Å²) in [6, 6.07) is 5.30. The van der Waals surface area contributed by atoms with Gasteiger partial charge in [-0.2, -0.15) is 0 Å². The van der Waals surface area contributed by atoms with Crippen molar-refractivity contribution >= 4 is 5.97 Å². The standard InChI is InChI=1S/C28H35NO6/c1-6-21(30)34-20-10-11-27(4)19(26(20,2)3)9-12-28(5)24(27)23(31)22-18(35-28)14-17(33-25(22)32)16-8-7-13-29-15-16/h7-8,13-15,19-20,23-24,31H,6,9-12H2,1-5H3/t19-,20-,23+,24-,27-,28-/m0/s1. The molecule has 188 valence electrons. The Balaban J connectivity index is 1.54. The van der Waals surface area contributed by atoms with Gasteiger partial charge in [0.05, 0.1) is 6.10 Å². The maximum Gasteiger partial charge on any atom is 0.345 e. The average molecular weight is 482 g/mol. The third-order valence-corrected chi connectivity index (χ3v) is 9.18. The predicted molar refractivity (Wildman–Crippen MR) is 130 cm³/mol. The molecule has 2 fully saturated rings. The zero-order chi connectivity index (χ0) is 25.2. The van der Waals surface area contributed by atoms with Crippen molar-refractivity contribution in [1.29, 1.82) is 0 Å². The van der Waals surface area contributed by atoms with Crippen molar-refractivity contribution in [3.63, 3.8) is 0 Å². The van der Waals surface area contributed by atoms with Gasteiger partial charge in [-0.05, 0) is 56.1 Å². The lowest BCUT2D eigenvalue weighted by Gasteiger charge is -2.65. The largest absolute Gasteiger partial charge is 0.486 e. The normalized spacial score (nSPS) is 35.1. The highest BCUT2D eigenvalue weighted by atomic mass is 16.5. The number of esters is 1. The maximum absolute atomic E-state index is 13.2. The second-order valence-electron chi connectivity index (χ2n) is 11.5. The number of hydrogen-bond acceptors (Lipinski definition) is 7. The van der Waals surface area contributed by atoms with E-state index < -0.39 is 17.3 Å². The Morgan fingerprint density at radius 1 is 1.23 bits per heavy atom. The van der Waals surface area contributed by atoms with Crippen molar-refractivity contribution < 1.29 is 23.8 Å². The highest BCUT2D eigenvalue weighted by Gasteiger charge is 2.65. The minimum absolute atomic E-state index is 0.168. The lowest BCUT2D eigenvalue weighted by atomic mass is 9.43. The molecule has 0 aromatic carbocycles. The molecule has 1 N–H and O–H groups in total. The Hall–Kier alpha value is -2.67. The molecule has 6 atom stereocenters. The van der Waals surface area contributed by atoms with Gasteiger partial charge < -0.3 is 19.0 Å². The molecule has 0 bridgehead atoms. The minimum atomic E-state index is -1.01. The monoisotopic (exact) mass is 481 g/mol. The summed E-state index contributed by atoms with van der Waals surface area (Å²) in [5.74, 6) is 0.478. The van der Waals surface area contributed by atoms with E-state index in [1.165, 1.54) is 0 Å². The number of nitrogens with zero attached hydrogens (tertiary/aromatic N) is 1. The molecule has 0 radical (unpaired) electrons. The fourth-order valence-electron chi connectivity index (χ4n) is 7.58. The second kappa shape index (κ2) is 8.19. The van der Waals surface area contributed by atoms with Crippen LogP contribution in [-0.2, 0) is 9.53 Å². The number of carbonyl (C=O) groups excluding carboxylic acids is 1. The first kappa shape index (κ1) is 24.0. The van der Waals surface area contributed by atoms with E-state index in [2.05, 4.69) is 32.7 Å². The van der Waals surface area contributed by atoms with E-state index in [0.29, 0.717) is 29.9 Å². The van der Waals surface area contributed by atoms with Crippen molar-refractivity contribution in [1.82, 2.24) is 4.98 Å². The molecule has 2 aliphatic carbocycles. The van der Waals surface area contributed by atoms with E-state index in [1.54, 1.807) is 24.5 Å². The number of aliphatic hydroxyl groups excluding tert-OH is 1.